The molecule has 15 heavy (non-hydrogen) atoms. The average Bonchev–Trinajstić information content (AvgIpc) is 2.08. The Labute approximate surface area is 86.9 Å². The molecule has 90 valence electrons. The van der Waals surface area contributed by atoms with Crippen molar-refractivity contribution in [3.05, 3.63) is 12.2 Å². The summed E-state index contributed by atoms with van der Waals surface area (Å²) < 4.78 is 40.4. The van der Waals surface area contributed by atoms with Gasteiger partial charge in [-0.15, -0.1) is 0 Å². The van der Waals surface area contributed by atoms with E-state index in [4.69, 9.17) is 9.84 Å². The van der Waals surface area contributed by atoms with Crippen molar-refractivity contribution in [2.45, 2.75) is 19.2 Å². The molecule has 0 fully saturated rings. The lowest BCUT2D eigenvalue weighted by molar-refractivity contribution is -0.201. The van der Waals surface area contributed by atoms with Crippen molar-refractivity contribution in [1.82, 2.24) is 5.32 Å². The van der Waals surface area contributed by atoms with Gasteiger partial charge in [0.25, 0.3) is 0 Å². The second kappa shape index (κ2) is 6.81. The van der Waals surface area contributed by atoms with Gasteiger partial charge in [-0.25, -0.2) is 0 Å². The number of halogens is 3. The van der Waals surface area contributed by atoms with Gasteiger partial charge in [-0.3, -0.25) is 0 Å². The molecule has 0 bridgehead atoms. The molecule has 0 saturated heterocycles. The summed E-state index contributed by atoms with van der Waals surface area (Å²) in [5, 5.41) is 11.0. The van der Waals surface area contributed by atoms with Gasteiger partial charge < -0.3 is 15.2 Å². The molecule has 0 radical (unpaired) electrons. The summed E-state index contributed by atoms with van der Waals surface area (Å²) in [6.45, 7) is 5.82. The maximum Gasteiger partial charge on any atom is 0.415 e. The summed E-state index contributed by atoms with van der Waals surface area (Å²) >= 11 is 0. The van der Waals surface area contributed by atoms with Crippen LogP contribution >= 0.6 is 0 Å². The third-order valence-corrected chi connectivity index (χ3v) is 1.49. The van der Waals surface area contributed by atoms with Crippen LogP contribution in [0.2, 0.25) is 0 Å². The minimum Gasteiger partial charge on any atom is -0.382 e. The molecule has 0 aliphatic carbocycles. The van der Waals surface area contributed by atoms with Gasteiger partial charge in [-0.2, -0.15) is 13.2 Å². The molecule has 0 amide bonds. The van der Waals surface area contributed by atoms with Crippen molar-refractivity contribution < 1.29 is 23.0 Å². The largest absolute Gasteiger partial charge is 0.415 e. The van der Waals surface area contributed by atoms with Gasteiger partial charge in [0.15, 0.2) is 6.10 Å². The number of rotatable bonds is 7. The van der Waals surface area contributed by atoms with Crippen LogP contribution in [-0.2, 0) is 4.74 Å². The molecule has 3 nitrogen and oxygen atoms in total. The van der Waals surface area contributed by atoms with Gasteiger partial charge >= 0.3 is 6.18 Å². The van der Waals surface area contributed by atoms with Crippen molar-refractivity contribution in [3.63, 3.8) is 0 Å². The van der Waals surface area contributed by atoms with E-state index in [0.717, 1.165) is 5.57 Å². The van der Waals surface area contributed by atoms with Crippen LogP contribution in [0.25, 0.3) is 0 Å². The molecule has 0 aliphatic heterocycles. The molecule has 0 rings (SSSR count). The van der Waals surface area contributed by atoms with E-state index in [1.807, 2.05) is 0 Å². The third kappa shape index (κ3) is 8.41. The first-order chi connectivity index (χ1) is 6.84. The van der Waals surface area contributed by atoms with E-state index in [0.29, 0.717) is 6.61 Å². The first-order valence-corrected chi connectivity index (χ1v) is 4.51. The van der Waals surface area contributed by atoms with Crippen LogP contribution in [0.4, 0.5) is 13.2 Å². The maximum atomic E-state index is 11.8. The second-order valence-electron chi connectivity index (χ2n) is 3.27. The SMILES string of the molecule is C=C(C)COCCNCC(O)C(F)(F)F. The Morgan fingerprint density at radius 3 is 2.60 bits per heavy atom. The minimum atomic E-state index is -4.56. The standard InChI is InChI=1S/C9H16F3NO2/c1-7(2)6-15-4-3-13-5-8(14)9(10,11)12/h8,13-14H,1,3-6H2,2H3. The van der Waals surface area contributed by atoms with Crippen molar-refractivity contribution in [1.29, 1.82) is 0 Å². The summed E-state index contributed by atoms with van der Waals surface area (Å²) in [5.74, 6) is 0. The Bertz CT molecular complexity index is 194. The molecule has 0 saturated carbocycles. The van der Waals surface area contributed by atoms with Crippen LogP contribution < -0.4 is 5.32 Å². The lowest BCUT2D eigenvalue weighted by Gasteiger charge is -2.14. The van der Waals surface area contributed by atoms with Gasteiger partial charge in [-0.1, -0.05) is 12.2 Å². The second-order valence-corrected chi connectivity index (χ2v) is 3.27. The number of alkyl halides is 3. The molecular formula is C9H16F3NO2. The third-order valence-electron chi connectivity index (χ3n) is 1.49. The first-order valence-electron chi connectivity index (χ1n) is 4.51. The Kier molecular flexibility index (Phi) is 6.55. The summed E-state index contributed by atoms with van der Waals surface area (Å²) in [7, 11) is 0. The van der Waals surface area contributed by atoms with E-state index in [-0.39, 0.29) is 13.2 Å². The van der Waals surface area contributed by atoms with E-state index < -0.39 is 18.8 Å². The van der Waals surface area contributed by atoms with Crippen LogP contribution in [0.3, 0.4) is 0 Å². The molecule has 0 aromatic heterocycles. The zero-order valence-corrected chi connectivity index (χ0v) is 8.60. The predicted octanol–water partition coefficient (Wildman–Crippen LogP) is 1.09. The monoisotopic (exact) mass is 227 g/mol. The van der Waals surface area contributed by atoms with Crippen molar-refractivity contribution in [2.75, 3.05) is 26.3 Å². The molecule has 0 spiro atoms. The Hall–Kier alpha value is -0.590. The quantitative estimate of drug-likeness (QED) is 0.505. The number of ether oxygens (including phenoxy) is 1. The zero-order chi connectivity index (χ0) is 11.9. The summed E-state index contributed by atoms with van der Waals surface area (Å²) in [4.78, 5) is 0. The van der Waals surface area contributed by atoms with Crippen molar-refractivity contribution >= 4 is 0 Å². The van der Waals surface area contributed by atoms with E-state index in [1.54, 1.807) is 6.92 Å². The maximum absolute atomic E-state index is 11.8. The highest BCUT2D eigenvalue weighted by Gasteiger charge is 2.37. The van der Waals surface area contributed by atoms with E-state index in [2.05, 4.69) is 11.9 Å². The molecule has 0 heterocycles. The Morgan fingerprint density at radius 2 is 2.13 bits per heavy atom. The van der Waals surface area contributed by atoms with Gasteiger partial charge in [-0.05, 0) is 6.92 Å². The van der Waals surface area contributed by atoms with Gasteiger partial charge in [0, 0.05) is 13.1 Å². The minimum absolute atomic E-state index is 0.264. The molecule has 0 aromatic rings. The van der Waals surface area contributed by atoms with Gasteiger partial charge in [0.2, 0.25) is 0 Å². The molecule has 1 atom stereocenters. The van der Waals surface area contributed by atoms with Gasteiger partial charge in [0.05, 0.1) is 13.2 Å². The van der Waals surface area contributed by atoms with Crippen molar-refractivity contribution in [3.8, 4) is 0 Å². The molecular weight excluding hydrogens is 211 g/mol. The first kappa shape index (κ1) is 14.4. The molecule has 1 unspecified atom stereocenters. The smallest absolute Gasteiger partial charge is 0.382 e. The fourth-order valence-corrected chi connectivity index (χ4v) is 0.745. The predicted molar refractivity (Wildman–Crippen MR) is 50.6 cm³/mol. The number of hydrogen-bond acceptors (Lipinski definition) is 3. The fraction of sp³-hybridized carbons (Fsp3) is 0.778. The highest BCUT2D eigenvalue weighted by molar-refractivity contribution is 4.87. The van der Waals surface area contributed by atoms with Crippen molar-refractivity contribution in [2.24, 2.45) is 0 Å². The van der Waals surface area contributed by atoms with Crippen LogP contribution in [0.1, 0.15) is 6.92 Å². The topological polar surface area (TPSA) is 41.5 Å². The Balaban J connectivity index is 3.35. The molecule has 6 heteroatoms. The lowest BCUT2D eigenvalue weighted by atomic mass is 10.3. The highest BCUT2D eigenvalue weighted by atomic mass is 19.4. The van der Waals surface area contributed by atoms with Crippen LogP contribution in [0.5, 0.6) is 0 Å². The Morgan fingerprint density at radius 1 is 1.53 bits per heavy atom. The summed E-state index contributed by atoms with van der Waals surface area (Å²) in [6, 6.07) is 0. The number of aliphatic hydroxyl groups is 1. The fourth-order valence-electron chi connectivity index (χ4n) is 0.745. The van der Waals surface area contributed by atoms with Crippen LogP contribution in [-0.4, -0.2) is 43.7 Å². The number of aliphatic hydroxyl groups excluding tert-OH is 1. The van der Waals surface area contributed by atoms with E-state index in [9.17, 15) is 13.2 Å². The summed E-state index contributed by atoms with van der Waals surface area (Å²) in [5.41, 5.74) is 0.852. The van der Waals surface area contributed by atoms with E-state index in [1.165, 1.54) is 0 Å². The van der Waals surface area contributed by atoms with Gasteiger partial charge in [0.1, 0.15) is 0 Å². The van der Waals surface area contributed by atoms with E-state index >= 15 is 0 Å². The molecule has 0 aliphatic rings. The molecule has 0 aromatic carbocycles. The highest BCUT2D eigenvalue weighted by Crippen LogP contribution is 2.18. The lowest BCUT2D eigenvalue weighted by Crippen LogP contribution is -2.39. The normalized spacial score (nSPS) is 13.9. The molecule has 2 N–H and O–H groups in total. The number of nitrogens with one attached hydrogen (secondary N) is 1. The van der Waals surface area contributed by atoms with Crippen LogP contribution in [0, 0.1) is 0 Å². The number of hydrogen-bond donors (Lipinski definition) is 2. The summed E-state index contributed by atoms with van der Waals surface area (Å²) in [6.07, 6.45) is -6.88. The zero-order valence-electron chi connectivity index (χ0n) is 8.60. The van der Waals surface area contributed by atoms with Crippen LogP contribution in [0.15, 0.2) is 12.2 Å². The average molecular weight is 227 g/mol.